The quantitative estimate of drug-likeness (QED) is 0.730. The second-order valence-electron chi connectivity index (χ2n) is 5.36. The minimum Gasteiger partial charge on any atom is -0.465 e. The Morgan fingerprint density at radius 2 is 1.92 bits per heavy atom. The van der Waals surface area contributed by atoms with Gasteiger partial charge in [0.25, 0.3) is 0 Å². The van der Waals surface area contributed by atoms with Crippen LogP contribution in [0.15, 0.2) is 23.1 Å². The number of carbonyl (C=O) groups excluding carboxylic acids is 2. The van der Waals surface area contributed by atoms with E-state index in [9.17, 15) is 18.0 Å². The first-order valence-corrected chi connectivity index (χ1v) is 8.91. The van der Waals surface area contributed by atoms with Crippen LogP contribution in [0.25, 0.3) is 0 Å². The average molecular weight is 356 g/mol. The monoisotopic (exact) mass is 356 g/mol. The summed E-state index contributed by atoms with van der Waals surface area (Å²) in [6.45, 7) is 1.34. The van der Waals surface area contributed by atoms with Crippen molar-refractivity contribution in [3.05, 3.63) is 29.3 Å². The van der Waals surface area contributed by atoms with Crippen molar-refractivity contribution in [3.8, 4) is 0 Å². The first-order valence-electron chi connectivity index (χ1n) is 7.42. The Balaban J connectivity index is 2.43. The highest BCUT2D eigenvalue weighted by Gasteiger charge is 2.28. The molecule has 1 heterocycles. The van der Waals surface area contributed by atoms with Crippen molar-refractivity contribution in [1.82, 2.24) is 10.0 Å². The Morgan fingerprint density at radius 1 is 1.21 bits per heavy atom. The van der Waals surface area contributed by atoms with E-state index in [-0.39, 0.29) is 22.1 Å². The molecule has 1 aliphatic rings. The number of hydrogen-bond acceptors (Lipinski definition) is 7. The number of benzene rings is 1. The second kappa shape index (κ2) is 7.73. The summed E-state index contributed by atoms with van der Waals surface area (Å²) in [6.07, 6.45) is 1.54. The first-order chi connectivity index (χ1) is 11.4. The molecule has 0 bridgehead atoms. The summed E-state index contributed by atoms with van der Waals surface area (Å²) in [5.74, 6) is -1.49. The van der Waals surface area contributed by atoms with E-state index in [1.807, 2.05) is 0 Å². The normalized spacial score (nSPS) is 18.0. The SMILES string of the molecule is COC(=O)c1ccc(C(=O)OC)c(S(=O)(=O)NC2CCCNC2)c1. The van der Waals surface area contributed by atoms with Crippen molar-refractivity contribution in [2.45, 2.75) is 23.8 Å². The van der Waals surface area contributed by atoms with Gasteiger partial charge < -0.3 is 14.8 Å². The summed E-state index contributed by atoms with van der Waals surface area (Å²) in [4.78, 5) is 23.2. The number of rotatable bonds is 5. The highest BCUT2D eigenvalue weighted by Crippen LogP contribution is 2.20. The lowest BCUT2D eigenvalue weighted by molar-refractivity contribution is 0.0583. The summed E-state index contributed by atoms with van der Waals surface area (Å²) in [5, 5.41) is 3.10. The molecular formula is C15H20N2O6S. The summed E-state index contributed by atoms with van der Waals surface area (Å²) in [7, 11) is -1.66. The maximum Gasteiger partial charge on any atom is 0.339 e. The van der Waals surface area contributed by atoms with Crippen LogP contribution in [-0.4, -0.2) is 53.7 Å². The average Bonchev–Trinajstić information content (AvgIpc) is 2.60. The van der Waals surface area contributed by atoms with E-state index in [1.165, 1.54) is 19.2 Å². The van der Waals surface area contributed by atoms with Gasteiger partial charge in [-0.2, -0.15) is 0 Å². The lowest BCUT2D eigenvalue weighted by Crippen LogP contribution is -2.45. The first kappa shape index (κ1) is 18.4. The fourth-order valence-electron chi connectivity index (χ4n) is 2.50. The summed E-state index contributed by atoms with van der Waals surface area (Å²) >= 11 is 0. The number of carbonyl (C=O) groups is 2. The van der Waals surface area contributed by atoms with Gasteiger partial charge in [-0.25, -0.2) is 22.7 Å². The zero-order chi connectivity index (χ0) is 17.7. The van der Waals surface area contributed by atoms with Crippen LogP contribution in [0, 0.1) is 0 Å². The molecular weight excluding hydrogens is 336 g/mol. The molecule has 1 aliphatic heterocycles. The molecule has 1 atom stereocenters. The number of ether oxygens (including phenoxy) is 2. The van der Waals surface area contributed by atoms with Gasteiger partial charge in [-0.05, 0) is 37.6 Å². The lowest BCUT2D eigenvalue weighted by atomic mass is 10.1. The van der Waals surface area contributed by atoms with Crippen molar-refractivity contribution in [1.29, 1.82) is 0 Å². The van der Waals surface area contributed by atoms with Crippen molar-refractivity contribution in [2.24, 2.45) is 0 Å². The number of esters is 2. The summed E-state index contributed by atoms with van der Waals surface area (Å²) in [6, 6.07) is 3.40. The fourth-order valence-corrected chi connectivity index (χ4v) is 3.99. The molecule has 0 radical (unpaired) electrons. The minimum absolute atomic E-state index is 0.0345. The van der Waals surface area contributed by atoms with Gasteiger partial charge in [-0.15, -0.1) is 0 Å². The zero-order valence-corrected chi connectivity index (χ0v) is 14.3. The molecule has 132 valence electrons. The minimum atomic E-state index is -4.01. The second-order valence-corrected chi connectivity index (χ2v) is 7.04. The zero-order valence-electron chi connectivity index (χ0n) is 13.5. The van der Waals surface area contributed by atoms with E-state index in [0.717, 1.165) is 26.1 Å². The molecule has 8 nitrogen and oxygen atoms in total. The number of sulfonamides is 1. The molecule has 0 spiro atoms. The van der Waals surface area contributed by atoms with Crippen molar-refractivity contribution in [3.63, 3.8) is 0 Å². The van der Waals surface area contributed by atoms with Gasteiger partial charge in [0.05, 0.1) is 30.2 Å². The fraction of sp³-hybridized carbons (Fsp3) is 0.467. The Kier molecular flexibility index (Phi) is 5.92. The van der Waals surface area contributed by atoms with E-state index in [1.54, 1.807) is 0 Å². The number of piperidine rings is 1. The van der Waals surface area contributed by atoms with E-state index >= 15 is 0 Å². The van der Waals surface area contributed by atoms with Gasteiger partial charge in [-0.3, -0.25) is 0 Å². The molecule has 1 unspecified atom stereocenters. The van der Waals surface area contributed by atoms with Crippen molar-refractivity contribution in [2.75, 3.05) is 27.3 Å². The molecule has 1 saturated heterocycles. The highest BCUT2D eigenvalue weighted by atomic mass is 32.2. The van der Waals surface area contributed by atoms with Crippen LogP contribution in [-0.2, 0) is 19.5 Å². The third-order valence-electron chi connectivity index (χ3n) is 3.72. The summed E-state index contributed by atoms with van der Waals surface area (Å²) in [5.41, 5.74) is -0.103. The Hall–Kier alpha value is -1.97. The van der Waals surface area contributed by atoms with E-state index in [4.69, 9.17) is 0 Å². The Morgan fingerprint density at radius 3 is 2.50 bits per heavy atom. The molecule has 2 N–H and O–H groups in total. The van der Waals surface area contributed by atoms with Crippen LogP contribution < -0.4 is 10.0 Å². The molecule has 1 aromatic rings. The number of hydrogen-bond donors (Lipinski definition) is 2. The largest absolute Gasteiger partial charge is 0.465 e. The van der Waals surface area contributed by atoms with Crippen LogP contribution in [0.5, 0.6) is 0 Å². The molecule has 0 amide bonds. The Labute approximate surface area is 140 Å². The molecule has 24 heavy (non-hydrogen) atoms. The van der Waals surface area contributed by atoms with Crippen molar-refractivity contribution < 1.29 is 27.5 Å². The molecule has 0 saturated carbocycles. The summed E-state index contributed by atoms with van der Waals surface area (Å²) < 4.78 is 37.2. The van der Waals surface area contributed by atoms with Gasteiger partial charge >= 0.3 is 11.9 Å². The van der Waals surface area contributed by atoms with Gasteiger partial charge in [-0.1, -0.05) is 0 Å². The molecule has 0 aromatic heterocycles. The van der Waals surface area contributed by atoms with Crippen molar-refractivity contribution >= 4 is 22.0 Å². The van der Waals surface area contributed by atoms with E-state index < -0.39 is 22.0 Å². The van der Waals surface area contributed by atoms with Gasteiger partial charge in [0, 0.05) is 12.6 Å². The number of methoxy groups -OCH3 is 2. The van der Waals surface area contributed by atoms with Crippen LogP contribution in [0.3, 0.4) is 0 Å². The standard InChI is InChI=1S/C15H20N2O6S/c1-22-14(18)10-5-6-12(15(19)23-2)13(8-10)24(20,21)17-11-4-3-7-16-9-11/h5-6,8,11,16-17H,3-4,7,9H2,1-2H3. The topological polar surface area (TPSA) is 111 Å². The van der Waals surface area contributed by atoms with Crippen LogP contribution in [0.1, 0.15) is 33.6 Å². The molecule has 1 fully saturated rings. The third-order valence-corrected chi connectivity index (χ3v) is 5.28. The van der Waals surface area contributed by atoms with Gasteiger partial charge in [0.1, 0.15) is 0 Å². The van der Waals surface area contributed by atoms with E-state index in [2.05, 4.69) is 19.5 Å². The Bertz CT molecular complexity index is 725. The van der Waals surface area contributed by atoms with Crippen LogP contribution in [0.2, 0.25) is 0 Å². The van der Waals surface area contributed by atoms with Gasteiger partial charge in [0.15, 0.2) is 0 Å². The predicted molar refractivity (Wildman–Crippen MR) is 85.3 cm³/mol. The van der Waals surface area contributed by atoms with Crippen LogP contribution in [0.4, 0.5) is 0 Å². The maximum atomic E-state index is 12.7. The van der Waals surface area contributed by atoms with Crippen LogP contribution >= 0.6 is 0 Å². The third kappa shape index (κ3) is 4.11. The smallest absolute Gasteiger partial charge is 0.339 e. The molecule has 9 heteroatoms. The lowest BCUT2D eigenvalue weighted by Gasteiger charge is -2.24. The molecule has 0 aliphatic carbocycles. The molecule has 1 aromatic carbocycles. The number of nitrogens with one attached hydrogen (secondary N) is 2. The van der Waals surface area contributed by atoms with Gasteiger partial charge in [0.2, 0.25) is 10.0 Å². The molecule has 2 rings (SSSR count). The highest BCUT2D eigenvalue weighted by molar-refractivity contribution is 7.89. The van der Waals surface area contributed by atoms with E-state index in [0.29, 0.717) is 13.0 Å². The predicted octanol–water partition coefficient (Wildman–Crippen LogP) is 0.290. The maximum absolute atomic E-state index is 12.7.